The van der Waals surface area contributed by atoms with Gasteiger partial charge in [0.15, 0.2) is 0 Å². The van der Waals surface area contributed by atoms with E-state index >= 15 is 0 Å². The minimum atomic E-state index is -0.787. The molecule has 0 fully saturated rings. The lowest BCUT2D eigenvalue weighted by molar-refractivity contribution is -0.137. The summed E-state index contributed by atoms with van der Waals surface area (Å²) >= 11 is 0. The molecule has 0 radical (unpaired) electrons. The second-order valence-electron chi connectivity index (χ2n) is 3.78. The van der Waals surface area contributed by atoms with Crippen LogP contribution in [0, 0.1) is 0 Å². The van der Waals surface area contributed by atoms with E-state index in [9.17, 15) is 9.90 Å². The number of aliphatic hydroxyl groups excluding tert-OH is 1. The van der Waals surface area contributed by atoms with Crippen LogP contribution < -0.4 is 0 Å². The van der Waals surface area contributed by atoms with Gasteiger partial charge in [0.25, 0.3) is 0 Å². The lowest BCUT2D eigenvalue weighted by Gasteiger charge is -2.07. The molecule has 88 valence electrons. The monoisotopic (exact) mass is 214 g/mol. The predicted molar refractivity (Wildman–Crippen MR) is 60.8 cm³/mol. The van der Waals surface area contributed by atoms with Crippen molar-refractivity contribution in [1.82, 2.24) is 0 Å². The van der Waals surface area contributed by atoms with Crippen LogP contribution in [0.25, 0.3) is 0 Å². The lowest BCUT2D eigenvalue weighted by atomic mass is 10.1. The number of carboxylic acid groups (broad SMARTS) is 1. The summed E-state index contributed by atoms with van der Waals surface area (Å²) < 4.78 is 0. The van der Waals surface area contributed by atoms with Crippen LogP contribution in [0.1, 0.15) is 51.9 Å². The van der Waals surface area contributed by atoms with Gasteiger partial charge in [0.05, 0.1) is 6.10 Å². The van der Waals surface area contributed by atoms with Gasteiger partial charge in [0.1, 0.15) is 0 Å². The maximum atomic E-state index is 10.2. The van der Waals surface area contributed by atoms with Gasteiger partial charge in [-0.05, 0) is 32.1 Å². The average Bonchev–Trinajstić information content (AvgIpc) is 2.17. The van der Waals surface area contributed by atoms with Crippen LogP contribution in [-0.4, -0.2) is 22.3 Å². The topological polar surface area (TPSA) is 57.5 Å². The quantitative estimate of drug-likeness (QED) is 0.580. The van der Waals surface area contributed by atoms with Crippen molar-refractivity contribution >= 4 is 5.97 Å². The molecule has 0 saturated carbocycles. The molecule has 0 aromatic heterocycles. The van der Waals surface area contributed by atoms with E-state index in [2.05, 4.69) is 19.1 Å². The SMILES string of the molecule is CCCC=CCCC(O)CCCC(=O)O. The first-order valence-corrected chi connectivity index (χ1v) is 5.71. The molecule has 0 aliphatic rings. The van der Waals surface area contributed by atoms with Crippen LogP contribution in [-0.2, 0) is 4.79 Å². The third-order valence-corrected chi connectivity index (χ3v) is 2.22. The Morgan fingerprint density at radius 2 is 1.93 bits per heavy atom. The van der Waals surface area contributed by atoms with Gasteiger partial charge in [0.2, 0.25) is 0 Å². The molecular formula is C12H22O3. The smallest absolute Gasteiger partial charge is 0.303 e. The lowest BCUT2D eigenvalue weighted by Crippen LogP contribution is -2.06. The molecule has 0 saturated heterocycles. The first-order chi connectivity index (χ1) is 7.16. The molecule has 0 aromatic carbocycles. The average molecular weight is 214 g/mol. The van der Waals surface area contributed by atoms with Gasteiger partial charge in [0, 0.05) is 6.42 Å². The number of carbonyl (C=O) groups is 1. The van der Waals surface area contributed by atoms with E-state index in [-0.39, 0.29) is 12.5 Å². The van der Waals surface area contributed by atoms with Crippen molar-refractivity contribution in [2.75, 3.05) is 0 Å². The Morgan fingerprint density at radius 1 is 1.27 bits per heavy atom. The van der Waals surface area contributed by atoms with E-state index in [0.29, 0.717) is 12.8 Å². The number of hydrogen-bond donors (Lipinski definition) is 2. The molecule has 3 nitrogen and oxygen atoms in total. The first kappa shape index (κ1) is 14.2. The Balaban J connectivity index is 3.32. The number of unbranched alkanes of at least 4 members (excludes halogenated alkanes) is 1. The summed E-state index contributed by atoms with van der Waals surface area (Å²) in [6.07, 6.45) is 9.04. The first-order valence-electron chi connectivity index (χ1n) is 5.71. The second-order valence-corrected chi connectivity index (χ2v) is 3.78. The van der Waals surface area contributed by atoms with Crippen molar-refractivity contribution in [3.63, 3.8) is 0 Å². The van der Waals surface area contributed by atoms with Crippen LogP contribution in [0.3, 0.4) is 0 Å². The highest BCUT2D eigenvalue weighted by molar-refractivity contribution is 5.66. The molecule has 0 heterocycles. The van der Waals surface area contributed by atoms with Gasteiger partial charge >= 0.3 is 5.97 Å². The molecule has 0 aliphatic heterocycles. The third-order valence-electron chi connectivity index (χ3n) is 2.22. The normalized spacial score (nSPS) is 13.2. The van der Waals surface area contributed by atoms with Crippen LogP contribution in [0.2, 0.25) is 0 Å². The summed E-state index contributed by atoms with van der Waals surface area (Å²) in [4.78, 5) is 10.2. The van der Waals surface area contributed by atoms with E-state index in [1.807, 2.05) is 0 Å². The van der Waals surface area contributed by atoms with E-state index in [1.165, 1.54) is 0 Å². The minimum absolute atomic E-state index is 0.155. The summed E-state index contributed by atoms with van der Waals surface area (Å²) in [6, 6.07) is 0. The number of allylic oxidation sites excluding steroid dienone is 2. The van der Waals surface area contributed by atoms with Gasteiger partial charge in [-0.25, -0.2) is 0 Å². The maximum Gasteiger partial charge on any atom is 0.303 e. The minimum Gasteiger partial charge on any atom is -0.481 e. The molecule has 0 amide bonds. The van der Waals surface area contributed by atoms with Crippen molar-refractivity contribution in [3.05, 3.63) is 12.2 Å². The summed E-state index contributed by atoms with van der Waals surface area (Å²) in [5.41, 5.74) is 0. The van der Waals surface area contributed by atoms with Gasteiger partial charge < -0.3 is 10.2 Å². The summed E-state index contributed by atoms with van der Waals surface area (Å²) in [6.45, 7) is 2.13. The Kier molecular flexibility index (Phi) is 9.18. The number of aliphatic carboxylic acids is 1. The molecule has 15 heavy (non-hydrogen) atoms. The number of carboxylic acids is 1. The molecule has 1 unspecified atom stereocenters. The van der Waals surface area contributed by atoms with Crippen molar-refractivity contribution in [2.24, 2.45) is 0 Å². The zero-order chi connectivity index (χ0) is 11.5. The van der Waals surface area contributed by atoms with Crippen LogP contribution in [0.15, 0.2) is 12.2 Å². The van der Waals surface area contributed by atoms with Crippen LogP contribution in [0.4, 0.5) is 0 Å². The maximum absolute atomic E-state index is 10.2. The highest BCUT2D eigenvalue weighted by atomic mass is 16.4. The standard InChI is InChI=1S/C12H22O3/c1-2-3-4-5-6-8-11(13)9-7-10-12(14)15/h4-5,11,13H,2-3,6-10H2,1H3,(H,14,15). The highest BCUT2D eigenvalue weighted by Gasteiger charge is 2.04. The molecule has 0 bridgehead atoms. The van der Waals surface area contributed by atoms with Crippen molar-refractivity contribution in [1.29, 1.82) is 0 Å². The number of rotatable bonds is 9. The highest BCUT2D eigenvalue weighted by Crippen LogP contribution is 2.07. The molecular weight excluding hydrogens is 192 g/mol. The van der Waals surface area contributed by atoms with Gasteiger partial charge in [-0.3, -0.25) is 4.79 Å². The molecule has 0 aliphatic carbocycles. The van der Waals surface area contributed by atoms with E-state index < -0.39 is 5.97 Å². The number of hydrogen-bond acceptors (Lipinski definition) is 2. The molecule has 0 rings (SSSR count). The zero-order valence-corrected chi connectivity index (χ0v) is 9.48. The summed E-state index contributed by atoms with van der Waals surface area (Å²) in [5.74, 6) is -0.787. The van der Waals surface area contributed by atoms with Crippen molar-refractivity contribution < 1.29 is 15.0 Å². The number of aliphatic hydroxyl groups is 1. The predicted octanol–water partition coefficient (Wildman–Crippen LogP) is 2.74. The second kappa shape index (κ2) is 9.71. The third kappa shape index (κ3) is 11.1. The van der Waals surface area contributed by atoms with Gasteiger partial charge in [-0.15, -0.1) is 0 Å². The van der Waals surface area contributed by atoms with Crippen LogP contribution in [0.5, 0.6) is 0 Å². The molecule has 3 heteroatoms. The Bertz CT molecular complexity index is 187. The fraction of sp³-hybridized carbons (Fsp3) is 0.750. The molecule has 2 N–H and O–H groups in total. The van der Waals surface area contributed by atoms with E-state index in [1.54, 1.807) is 0 Å². The fourth-order valence-electron chi connectivity index (χ4n) is 1.32. The van der Waals surface area contributed by atoms with Crippen molar-refractivity contribution in [3.8, 4) is 0 Å². The van der Waals surface area contributed by atoms with Gasteiger partial charge in [-0.1, -0.05) is 25.5 Å². The Hall–Kier alpha value is -0.830. The Labute approximate surface area is 91.8 Å². The van der Waals surface area contributed by atoms with Gasteiger partial charge in [-0.2, -0.15) is 0 Å². The fourth-order valence-corrected chi connectivity index (χ4v) is 1.32. The largest absolute Gasteiger partial charge is 0.481 e. The zero-order valence-electron chi connectivity index (χ0n) is 9.48. The molecule has 1 atom stereocenters. The Morgan fingerprint density at radius 3 is 2.53 bits per heavy atom. The molecule has 0 spiro atoms. The summed E-state index contributed by atoms with van der Waals surface area (Å²) in [7, 11) is 0. The van der Waals surface area contributed by atoms with Crippen LogP contribution >= 0.6 is 0 Å². The van der Waals surface area contributed by atoms with Crippen molar-refractivity contribution in [2.45, 2.75) is 58.0 Å². The summed E-state index contributed by atoms with van der Waals surface area (Å²) in [5, 5.41) is 17.9. The van der Waals surface area contributed by atoms with E-state index in [0.717, 1.165) is 25.7 Å². The van der Waals surface area contributed by atoms with E-state index in [4.69, 9.17) is 5.11 Å². The molecule has 0 aromatic rings.